The van der Waals surface area contributed by atoms with Gasteiger partial charge in [0.2, 0.25) is 0 Å². The summed E-state index contributed by atoms with van der Waals surface area (Å²) in [5, 5.41) is 3.61. The number of nitrogens with zero attached hydrogens (tertiary/aromatic N) is 2. The predicted molar refractivity (Wildman–Crippen MR) is 68.7 cm³/mol. The van der Waals surface area contributed by atoms with Gasteiger partial charge in [0.1, 0.15) is 5.82 Å². The molecule has 0 aromatic carbocycles. The zero-order valence-electron chi connectivity index (χ0n) is 9.19. The second-order valence-corrected chi connectivity index (χ2v) is 5.62. The van der Waals surface area contributed by atoms with Crippen LogP contribution >= 0.6 is 15.9 Å². The molecule has 2 aliphatic rings. The molecular formula is C12H16BrN3. The summed E-state index contributed by atoms with van der Waals surface area (Å²) >= 11 is 3.42. The number of hydrogen-bond donors (Lipinski definition) is 1. The topological polar surface area (TPSA) is 28.2 Å². The van der Waals surface area contributed by atoms with Crippen LogP contribution in [0.1, 0.15) is 12.8 Å². The third-order valence-corrected chi connectivity index (χ3v) is 4.10. The number of piperidine rings is 1. The van der Waals surface area contributed by atoms with Crippen molar-refractivity contribution in [3.05, 3.63) is 22.8 Å². The lowest BCUT2D eigenvalue weighted by atomic mass is 9.94. The number of nitrogens with one attached hydrogen (secondary N) is 1. The normalized spacial score (nSPS) is 29.2. The first-order valence-electron chi connectivity index (χ1n) is 5.93. The Hall–Kier alpha value is -0.610. The van der Waals surface area contributed by atoms with Gasteiger partial charge in [-0.1, -0.05) is 0 Å². The summed E-state index contributed by atoms with van der Waals surface area (Å²) in [6.07, 6.45) is 4.57. The lowest BCUT2D eigenvalue weighted by molar-refractivity contribution is 0.340. The Bertz CT molecular complexity index is 351. The highest BCUT2D eigenvalue weighted by Gasteiger charge is 2.34. The van der Waals surface area contributed by atoms with Gasteiger partial charge in [-0.15, -0.1) is 0 Å². The molecule has 86 valence electrons. The quantitative estimate of drug-likeness (QED) is 0.854. The molecule has 0 radical (unpaired) electrons. The van der Waals surface area contributed by atoms with Crippen LogP contribution in [0.5, 0.6) is 0 Å². The van der Waals surface area contributed by atoms with Crippen molar-refractivity contribution in [1.82, 2.24) is 10.3 Å². The first-order chi connectivity index (χ1) is 7.83. The van der Waals surface area contributed by atoms with Crippen molar-refractivity contribution in [3.8, 4) is 0 Å². The first-order valence-corrected chi connectivity index (χ1v) is 6.72. The van der Waals surface area contributed by atoms with Crippen LogP contribution in [0.2, 0.25) is 0 Å². The Balaban J connectivity index is 1.75. The van der Waals surface area contributed by atoms with Gasteiger partial charge in [0.15, 0.2) is 0 Å². The molecule has 16 heavy (non-hydrogen) atoms. The third kappa shape index (κ3) is 1.96. The summed E-state index contributed by atoms with van der Waals surface area (Å²) in [5.41, 5.74) is 0. The Morgan fingerprint density at radius 1 is 1.38 bits per heavy atom. The van der Waals surface area contributed by atoms with Gasteiger partial charge >= 0.3 is 0 Å². The number of hydrogen-bond acceptors (Lipinski definition) is 3. The number of fused-ring (bicyclic) bond motifs is 1. The van der Waals surface area contributed by atoms with Crippen molar-refractivity contribution in [2.45, 2.75) is 18.9 Å². The molecular weight excluding hydrogens is 266 g/mol. The van der Waals surface area contributed by atoms with E-state index in [1.165, 1.54) is 19.4 Å². The van der Waals surface area contributed by atoms with Crippen molar-refractivity contribution in [3.63, 3.8) is 0 Å². The van der Waals surface area contributed by atoms with Crippen LogP contribution < -0.4 is 10.2 Å². The Morgan fingerprint density at radius 2 is 2.31 bits per heavy atom. The van der Waals surface area contributed by atoms with E-state index < -0.39 is 0 Å². The molecule has 0 spiro atoms. The molecule has 2 aliphatic heterocycles. The molecule has 1 aromatic rings. The van der Waals surface area contributed by atoms with E-state index in [0.717, 1.165) is 29.3 Å². The van der Waals surface area contributed by atoms with Crippen LogP contribution in [0.15, 0.2) is 22.8 Å². The molecule has 0 bridgehead atoms. The largest absolute Gasteiger partial charge is 0.355 e. The minimum absolute atomic E-state index is 0.680. The second-order valence-electron chi connectivity index (χ2n) is 4.70. The summed E-state index contributed by atoms with van der Waals surface area (Å²) in [5.74, 6) is 1.93. The van der Waals surface area contributed by atoms with E-state index in [9.17, 15) is 0 Å². The molecule has 3 nitrogen and oxygen atoms in total. The third-order valence-electron chi connectivity index (χ3n) is 3.64. The fourth-order valence-corrected chi connectivity index (χ4v) is 3.02. The van der Waals surface area contributed by atoms with Gasteiger partial charge in [-0.05, 0) is 53.4 Å². The molecule has 1 N–H and O–H groups in total. The van der Waals surface area contributed by atoms with Gasteiger partial charge in [-0.25, -0.2) is 4.98 Å². The Morgan fingerprint density at radius 3 is 3.06 bits per heavy atom. The van der Waals surface area contributed by atoms with Crippen LogP contribution in [-0.2, 0) is 0 Å². The van der Waals surface area contributed by atoms with Crippen LogP contribution in [0.4, 0.5) is 5.82 Å². The van der Waals surface area contributed by atoms with Crippen molar-refractivity contribution in [2.24, 2.45) is 5.92 Å². The van der Waals surface area contributed by atoms with E-state index in [2.05, 4.69) is 43.3 Å². The summed E-state index contributed by atoms with van der Waals surface area (Å²) in [6.45, 7) is 3.45. The van der Waals surface area contributed by atoms with Crippen LogP contribution in [0.25, 0.3) is 0 Å². The summed E-state index contributed by atoms with van der Waals surface area (Å²) in [6, 6.07) is 4.85. The molecule has 0 aliphatic carbocycles. The van der Waals surface area contributed by atoms with Gasteiger partial charge in [0.05, 0.1) is 0 Å². The van der Waals surface area contributed by atoms with Gasteiger partial charge in [-0.2, -0.15) is 0 Å². The maximum atomic E-state index is 4.47. The van der Waals surface area contributed by atoms with Gasteiger partial charge < -0.3 is 10.2 Å². The fourth-order valence-electron chi connectivity index (χ4n) is 2.79. The molecule has 0 saturated carbocycles. The fraction of sp³-hybridized carbons (Fsp3) is 0.583. The SMILES string of the molecule is Brc1ccc(N2C[C@@H]3CCCN[C@@H]3C2)nc1. The van der Waals surface area contributed by atoms with Crippen molar-refractivity contribution in [2.75, 3.05) is 24.5 Å². The number of rotatable bonds is 1. The number of anilines is 1. The van der Waals surface area contributed by atoms with Crippen molar-refractivity contribution < 1.29 is 0 Å². The van der Waals surface area contributed by atoms with Crippen LogP contribution in [0.3, 0.4) is 0 Å². The molecule has 2 saturated heterocycles. The van der Waals surface area contributed by atoms with E-state index in [-0.39, 0.29) is 0 Å². The molecule has 1 aromatic heterocycles. The summed E-state index contributed by atoms with van der Waals surface area (Å²) < 4.78 is 1.05. The maximum absolute atomic E-state index is 4.47. The molecule has 0 amide bonds. The van der Waals surface area contributed by atoms with Crippen LogP contribution in [0, 0.1) is 5.92 Å². The van der Waals surface area contributed by atoms with Crippen molar-refractivity contribution in [1.29, 1.82) is 0 Å². The molecule has 3 rings (SSSR count). The van der Waals surface area contributed by atoms with E-state index in [1.807, 2.05) is 6.20 Å². The van der Waals surface area contributed by atoms with Crippen LogP contribution in [-0.4, -0.2) is 30.7 Å². The highest BCUT2D eigenvalue weighted by Crippen LogP contribution is 2.28. The second kappa shape index (κ2) is 4.34. The minimum Gasteiger partial charge on any atom is -0.355 e. The summed E-state index contributed by atoms with van der Waals surface area (Å²) in [4.78, 5) is 6.87. The zero-order chi connectivity index (χ0) is 11.0. The monoisotopic (exact) mass is 281 g/mol. The minimum atomic E-state index is 0.680. The average Bonchev–Trinajstić information content (AvgIpc) is 2.73. The van der Waals surface area contributed by atoms with E-state index >= 15 is 0 Å². The molecule has 4 heteroatoms. The molecule has 3 heterocycles. The van der Waals surface area contributed by atoms with Gasteiger partial charge in [0.25, 0.3) is 0 Å². The standard InChI is InChI=1S/C12H16BrN3/c13-10-3-4-12(15-6-10)16-7-9-2-1-5-14-11(9)8-16/h3-4,6,9,11,14H,1-2,5,7-8H2/t9-,11+/m0/s1. The lowest BCUT2D eigenvalue weighted by Crippen LogP contribution is -2.40. The highest BCUT2D eigenvalue weighted by molar-refractivity contribution is 9.10. The van der Waals surface area contributed by atoms with E-state index in [0.29, 0.717) is 6.04 Å². The average molecular weight is 282 g/mol. The molecule has 2 atom stereocenters. The Kier molecular flexibility index (Phi) is 2.86. The van der Waals surface area contributed by atoms with Gasteiger partial charge in [-0.3, -0.25) is 0 Å². The number of aromatic nitrogens is 1. The number of halogens is 1. The van der Waals surface area contributed by atoms with Crippen molar-refractivity contribution >= 4 is 21.7 Å². The Labute approximate surface area is 104 Å². The summed E-state index contributed by atoms with van der Waals surface area (Å²) in [7, 11) is 0. The first kappa shape index (κ1) is 10.5. The maximum Gasteiger partial charge on any atom is 0.128 e. The number of pyridine rings is 1. The van der Waals surface area contributed by atoms with Gasteiger partial charge in [0, 0.05) is 29.8 Å². The highest BCUT2D eigenvalue weighted by atomic mass is 79.9. The zero-order valence-corrected chi connectivity index (χ0v) is 10.8. The molecule has 0 unspecified atom stereocenters. The lowest BCUT2D eigenvalue weighted by Gasteiger charge is -2.24. The molecule has 2 fully saturated rings. The van der Waals surface area contributed by atoms with E-state index in [4.69, 9.17) is 0 Å². The smallest absolute Gasteiger partial charge is 0.128 e. The van der Waals surface area contributed by atoms with E-state index in [1.54, 1.807) is 0 Å². The predicted octanol–water partition coefficient (Wildman–Crippen LogP) is 2.03.